The molecular weight excluding hydrogens is 362 g/mol. The number of nitrogens with zero attached hydrogens (tertiary/aromatic N) is 2. The summed E-state index contributed by atoms with van der Waals surface area (Å²) in [5.41, 5.74) is 2.14. The largest absolute Gasteiger partial charge is 0.481 e. The van der Waals surface area contributed by atoms with Gasteiger partial charge in [-0.3, -0.25) is 14.7 Å². The lowest BCUT2D eigenvalue weighted by molar-refractivity contribution is -0.137. The van der Waals surface area contributed by atoms with Crippen molar-refractivity contribution in [3.63, 3.8) is 0 Å². The number of hydrogen-bond donors (Lipinski definition) is 2. The van der Waals surface area contributed by atoms with Crippen LogP contribution in [0.5, 0.6) is 0 Å². The Kier molecular flexibility index (Phi) is 4.21. The van der Waals surface area contributed by atoms with E-state index in [-0.39, 0.29) is 12.0 Å². The number of aromatic nitrogens is 3. The first-order chi connectivity index (χ1) is 11.0. The van der Waals surface area contributed by atoms with Crippen LogP contribution in [0.2, 0.25) is 0 Å². The fraction of sp³-hybridized carbons (Fsp3) is 0.312. The van der Waals surface area contributed by atoms with Gasteiger partial charge in [0, 0.05) is 28.5 Å². The van der Waals surface area contributed by atoms with E-state index in [2.05, 4.69) is 26.1 Å². The minimum Gasteiger partial charge on any atom is -0.481 e. The second-order valence-corrected chi connectivity index (χ2v) is 6.46. The van der Waals surface area contributed by atoms with Gasteiger partial charge in [-0.25, -0.2) is 0 Å². The first-order valence-electron chi connectivity index (χ1n) is 7.37. The van der Waals surface area contributed by atoms with E-state index in [0.29, 0.717) is 30.3 Å². The second-order valence-electron chi connectivity index (χ2n) is 5.54. The van der Waals surface area contributed by atoms with Crippen LogP contribution in [0, 0.1) is 6.92 Å². The SMILES string of the molecule is Cc1[nH]nc2c1c(=O)n(CCCCC(=O)O)c1ccc(Br)cc21. The molecule has 0 saturated carbocycles. The summed E-state index contributed by atoms with van der Waals surface area (Å²) in [4.78, 5) is 23.4. The number of carbonyl (C=O) groups is 1. The molecule has 0 aliphatic carbocycles. The first kappa shape index (κ1) is 15.7. The molecule has 0 bridgehead atoms. The number of aliphatic carboxylic acids is 1. The molecule has 0 unspecified atom stereocenters. The molecule has 0 fully saturated rings. The molecule has 2 N–H and O–H groups in total. The maximum absolute atomic E-state index is 12.8. The van der Waals surface area contributed by atoms with E-state index in [4.69, 9.17) is 5.11 Å². The van der Waals surface area contributed by atoms with Crippen LogP contribution < -0.4 is 5.56 Å². The van der Waals surface area contributed by atoms with Crippen molar-refractivity contribution in [3.05, 3.63) is 38.7 Å². The summed E-state index contributed by atoms with van der Waals surface area (Å²) in [6, 6.07) is 5.73. The molecule has 3 aromatic rings. The van der Waals surface area contributed by atoms with Crippen LogP contribution in [0.15, 0.2) is 27.5 Å². The van der Waals surface area contributed by atoms with Crippen molar-refractivity contribution in [2.75, 3.05) is 0 Å². The molecule has 120 valence electrons. The third kappa shape index (κ3) is 2.88. The minimum absolute atomic E-state index is 0.0867. The molecule has 0 atom stereocenters. The number of carboxylic acid groups (broad SMARTS) is 1. The predicted octanol–water partition coefficient (Wildman–Crippen LogP) is 3.20. The molecule has 0 spiro atoms. The van der Waals surface area contributed by atoms with E-state index in [1.165, 1.54) is 0 Å². The van der Waals surface area contributed by atoms with Crippen LogP contribution in [0.25, 0.3) is 21.8 Å². The van der Waals surface area contributed by atoms with Gasteiger partial charge in [-0.2, -0.15) is 5.10 Å². The molecule has 0 amide bonds. The zero-order valence-corrected chi connectivity index (χ0v) is 14.2. The minimum atomic E-state index is -0.813. The number of unbranched alkanes of at least 4 members (excludes halogenated alkanes) is 1. The Morgan fingerprint density at radius 3 is 2.91 bits per heavy atom. The van der Waals surface area contributed by atoms with Gasteiger partial charge in [-0.1, -0.05) is 15.9 Å². The molecule has 2 heterocycles. The summed E-state index contributed by atoms with van der Waals surface area (Å²) in [6.07, 6.45) is 1.30. The summed E-state index contributed by atoms with van der Waals surface area (Å²) < 4.78 is 2.64. The van der Waals surface area contributed by atoms with Crippen LogP contribution >= 0.6 is 15.9 Å². The number of hydrogen-bond acceptors (Lipinski definition) is 3. The second kappa shape index (κ2) is 6.16. The standard InChI is InChI=1S/C16H16BrN3O3/c1-9-14-15(19-18-9)11-8-10(17)5-6-12(11)20(16(14)23)7-3-2-4-13(21)22/h5-6,8H,2-4,7H2,1H3,(H,18,19)(H,21,22). The van der Waals surface area contributed by atoms with E-state index in [9.17, 15) is 9.59 Å². The van der Waals surface area contributed by atoms with Gasteiger partial charge in [0.15, 0.2) is 0 Å². The molecule has 23 heavy (non-hydrogen) atoms. The van der Waals surface area contributed by atoms with E-state index in [1.54, 1.807) is 4.57 Å². The van der Waals surface area contributed by atoms with Gasteiger partial charge in [0.2, 0.25) is 0 Å². The maximum Gasteiger partial charge on any atom is 0.303 e. The number of carboxylic acids is 1. The first-order valence-corrected chi connectivity index (χ1v) is 8.17. The molecule has 3 rings (SSSR count). The van der Waals surface area contributed by atoms with Crippen LogP contribution in [0.3, 0.4) is 0 Å². The fourth-order valence-electron chi connectivity index (χ4n) is 2.83. The Bertz CT molecular complexity index is 958. The van der Waals surface area contributed by atoms with Gasteiger partial charge >= 0.3 is 5.97 Å². The van der Waals surface area contributed by atoms with Gasteiger partial charge in [-0.15, -0.1) is 0 Å². The number of nitrogens with one attached hydrogen (secondary N) is 1. The van der Waals surface area contributed by atoms with Crippen molar-refractivity contribution in [1.29, 1.82) is 0 Å². The Morgan fingerprint density at radius 1 is 1.39 bits per heavy atom. The summed E-state index contributed by atoms with van der Waals surface area (Å²) in [5, 5.41) is 17.4. The van der Waals surface area contributed by atoms with Crippen LogP contribution in [0.4, 0.5) is 0 Å². The zero-order valence-electron chi connectivity index (χ0n) is 12.6. The number of halogens is 1. The number of aryl methyl sites for hydroxylation is 2. The summed E-state index contributed by atoms with van der Waals surface area (Å²) in [7, 11) is 0. The van der Waals surface area contributed by atoms with Crippen LogP contribution in [-0.4, -0.2) is 25.8 Å². The third-order valence-electron chi connectivity index (χ3n) is 3.93. The van der Waals surface area contributed by atoms with Crippen molar-refractivity contribution in [3.8, 4) is 0 Å². The molecule has 2 aromatic heterocycles. The number of H-pyrrole nitrogens is 1. The van der Waals surface area contributed by atoms with E-state index in [1.807, 2.05) is 25.1 Å². The summed E-state index contributed by atoms with van der Waals surface area (Å²) in [6.45, 7) is 2.32. The number of fused-ring (bicyclic) bond motifs is 3. The van der Waals surface area contributed by atoms with Gasteiger partial charge in [0.25, 0.3) is 5.56 Å². The van der Waals surface area contributed by atoms with E-state index < -0.39 is 5.97 Å². The van der Waals surface area contributed by atoms with Gasteiger partial charge < -0.3 is 9.67 Å². The zero-order chi connectivity index (χ0) is 16.6. The van der Waals surface area contributed by atoms with Gasteiger partial charge in [0.1, 0.15) is 5.52 Å². The summed E-state index contributed by atoms with van der Waals surface area (Å²) in [5.74, 6) is -0.813. The Labute approximate surface area is 140 Å². The van der Waals surface area contributed by atoms with Gasteiger partial charge in [0.05, 0.1) is 10.9 Å². The van der Waals surface area contributed by atoms with E-state index >= 15 is 0 Å². The molecule has 0 saturated heterocycles. The molecular formula is C16H16BrN3O3. The van der Waals surface area contributed by atoms with Crippen LogP contribution in [-0.2, 0) is 11.3 Å². The average Bonchev–Trinajstić information content (AvgIpc) is 2.89. The van der Waals surface area contributed by atoms with E-state index in [0.717, 1.165) is 21.1 Å². The van der Waals surface area contributed by atoms with Gasteiger partial charge in [-0.05, 0) is 38.0 Å². The fourth-order valence-corrected chi connectivity index (χ4v) is 3.19. The quantitative estimate of drug-likeness (QED) is 0.668. The van der Waals surface area contributed by atoms with Crippen molar-refractivity contribution >= 4 is 43.7 Å². The number of pyridine rings is 1. The van der Waals surface area contributed by atoms with Crippen molar-refractivity contribution in [2.24, 2.45) is 0 Å². The number of aromatic amines is 1. The lowest BCUT2D eigenvalue weighted by Gasteiger charge is -2.11. The normalized spacial score (nSPS) is 11.4. The lowest BCUT2D eigenvalue weighted by atomic mass is 10.1. The highest BCUT2D eigenvalue weighted by atomic mass is 79.9. The molecule has 6 nitrogen and oxygen atoms in total. The monoisotopic (exact) mass is 377 g/mol. The molecule has 0 aliphatic rings. The highest BCUT2D eigenvalue weighted by Crippen LogP contribution is 2.26. The van der Waals surface area contributed by atoms with Crippen molar-refractivity contribution < 1.29 is 9.90 Å². The Hall–Kier alpha value is -2.15. The summed E-state index contributed by atoms with van der Waals surface area (Å²) >= 11 is 3.46. The molecule has 0 radical (unpaired) electrons. The van der Waals surface area contributed by atoms with Crippen molar-refractivity contribution in [2.45, 2.75) is 32.7 Å². The maximum atomic E-state index is 12.8. The molecule has 1 aromatic carbocycles. The predicted molar refractivity (Wildman–Crippen MR) is 91.8 cm³/mol. The third-order valence-corrected chi connectivity index (χ3v) is 4.43. The molecule has 7 heteroatoms. The highest BCUT2D eigenvalue weighted by molar-refractivity contribution is 9.10. The van der Waals surface area contributed by atoms with Crippen LogP contribution in [0.1, 0.15) is 25.0 Å². The highest BCUT2D eigenvalue weighted by Gasteiger charge is 2.15. The van der Waals surface area contributed by atoms with Crippen molar-refractivity contribution in [1.82, 2.24) is 14.8 Å². The average molecular weight is 378 g/mol. The Balaban J connectivity index is 2.14. The number of benzene rings is 1. The molecule has 0 aliphatic heterocycles. The lowest BCUT2D eigenvalue weighted by Crippen LogP contribution is -2.21. The topological polar surface area (TPSA) is 88.0 Å². The smallest absolute Gasteiger partial charge is 0.303 e. The number of rotatable bonds is 5. The Morgan fingerprint density at radius 2 is 2.17 bits per heavy atom.